The number of hydrogen-bond donors (Lipinski definition) is 1. The Bertz CT molecular complexity index is 852. The quantitative estimate of drug-likeness (QED) is 0.659. The Morgan fingerprint density at radius 1 is 1.11 bits per heavy atom. The predicted molar refractivity (Wildman–Crippen MR) is 112 cm³/mol. The highest BCUT2D eigenvalue weighted by molar-refractivity contribution is 7.92. The molecule has 2 aromatic rings. The molecule has 2 rings (SSSR count). The fourth-order valence-corrected chi connectivity index (χ4v) is 3.72. The second kappa shape index (κ2) is 10.1. The Balaban J connectivity index is 2.01. The van der Waals surface area contributed by atoms with E-state index in [0.29, 0.717) is 11.4 Å². The monoisotopic (exact) mass is 404 g/mol. The van der Waals surface area contributed by atoms with Crippen LogP contribution in [0.3, 0.4) is 0 Å². The maximum absolute atomic E-state index is 12.2. The van der Waals surface area contributed by atoms with Crippen molar-refractivity contribution < 1.29 is 17.9 Å². The summed E-state index contributed by atoms with van der Waals surface area (Å²) in [6.45, 7) is 4.20. The van der Waals surface area contributed by atoms with Crippen molar-refractivity contribution in [1.29, 1.82) is 0 Å². The van der Waals surface area contributed by atoms with Crippen LogP contribution in [0, 0.1) is 0 Å². The van der Waals surface area contributed by atoms with Gasteiger partial charge in [0.25, 0.3) is 5.91 Å². The van der Waals surface area contributed by atoms with Crippen LogP contribution < -0.4 is 14.4 Å². The van der Waals surface area contributed by atoms with E-state index in [1.807, 2.05) is 37.3 Å². The summed E-state index contributed by atoms with van der Waals surface area (Å²) in [5.41, 5.74) is 1.44. The normalized spacial score (nSPS) is 12.2. The van der Waals surface area contributed by atoms with Gasteiger partial charge in [-0.25, -0.2) is 8.42 Å². The van der Waals surface area contributed by atoms with E-state index in [-0.39, 0.29) is 25.1 Å². The van der Waals surface area contributed by atoms with Crippen molar-refractivity contribution in [3.05, 3.63) is 60.2 Å². The lowest BCUT2D eigenvalue weighted by Gasteiger charge is -2.22. The van der Waals surface area contributed by atoms with Crippen molar-refractivity contribution >= 4 is 21.6 Å². The molecule has 0 aliphatic rings. The van der Waals surface area contributed by atoms with Gasteiger partial charge in [0.1, 0.15) is 5.75 Å². The first kappa shape index (κ1) is 21.8. The van der Waals surface area contributed by atoms with E-state index in [1.165, 1.54) is 10.6 Å². The average Bonchev–Trinajstić information content (AvgIpc) is 2.65. The summed E-state index contributed by atoms with van der Waals surface area (Å²) < 4.78 is 31.3. The summed E-state index contributed by atoms with van der Waals surface area (Å²) >= 11 is 0. The Labute approximate surface area is 167 Å². The zero-order valence-corrected chi connectivity index (χ0v) is 17.4. The highest BCUT2D eigenvalue weighted by atomic mass is 32.2. The molecule has 0 aliphatic heterocycles. The number of anilines is 1. The molecule has 0 fully saturated rings. The van der Waals surface area contributed by atoms with Crippen LogP contribution in [0.1, 0.15) is 32.3 Å². The Kier molecular flexibility index (Phi) is 7.87. The highest BCUT2D eigenvalue weighted by Gasteiger charge is 2.18. The molecule has 0 spiro atoms. The van der Waals surface area contributed by atoms with Gasteiger partial charge in [-0.15, -0.1) is 0 Å². The van der Waals surface area contributed by atoms with Gasteiger partial charge in [-0.3, -0.25) is 9.10 Å². The number of sulfonamides is 1. The first-order valence-electron chi connectivity index (χ1n) is 9.33. The Hall–Kier alpha value is -2.54. The summed E-state index contributed by atoms with van der Waals surface area (Å²) in [6.07, 6.45) is 3.11. The topological polar surface area (TPSA) is 75.7 Å². The third-order valence-corrected chi connectivity index (χ3v) is 5.33. The number of amides is 1. The molecule has 0 heterocycles. The predicted octanol–water partition coefficient (Wildman–Crippen LogP) is 3.34. The van der Waals surface area contributed by atoms with E-state index >= 15 is 0 Å². The summed E-state index contributed by atoms with van der Waals surface area (Å²) in [7, 11) is -3.45. The molecule has 0 bridgehead atoms. The molecule has 28 heavy (non-hydrogen) atoms. The highest BCUT2D eigenvalue weighted by Crippen LogP contribution is 2.23. The molecule has 0 saturated carbocycles. The van der Waals surface area contributed by atoms with Crippen LogP contribution in [0.5, 0.6) is 5.75 Å². The van der Waals surface area contributed by atoms with Crippen molar-refractivity contribution in [3.63, 3.8) is 0 Å². The fraction of sp³-hybridized carbons (Fsp3) is 0.381. The average molecular weight is 405 g/mol. The number of hydrogen-bond acceptors (Lipinski definition) is 4. The van der Waals surface area contributed by atoms with Gasteiger partial charge in [0, 0.05) is 6.04 Å². The van der Waals surface area contributed by atoms with Gasteiger partial charge >= 0.3 is 0 Å². The lowest BCUT2D eigenvalue weighted by molar-refractivity contribution is -0.123. The molecule has 152 valence electrons. The van der Waals surface area contributed by atoms with Gasteiger partial charge in [-0.05, 0) is 43.2 Å². The van der Waals surface area contributed by atoms with Crippen LogP contribution in [0.2, 0.25) is 0 Å². The smallest absolute Gasteiger partial charge is 0.258 e. The van der Waals surface area contributed by atoms with E-state index in [1.54, 1.807) is 24.3 Å². The van der Waals surface area contributed by atoms with Gasteiger partial charge in [0.15, 0.2) is 6.61 Å². The number of carbonyl (C=O) groups is 1. The summed E-state index contributed by atoms with van der Waals surface area (Å²) in [5.74, 6) is 0.335. The van der Waals surface area contributed by atoms with Crippen molar-refractivity contribution in [3.8, 4) is 5.75 Å². The van der Waals surface area contributed by atoms with Gasteiger partial charge in [-0.2, -0.15) is 0 Å². The molecular weight excluding hydrogens is 376 g/mol. The molecule has 1 amide bonds. The van der Waals surface area contributed by atoms with Gasteiger partial charge in [0.2, 0.25) is 10.0 Å². The zero-order valence-electron chi connectivity index (χ0n) is 16.6. The van der Waals surface area contributed by atoms with Crippen LogP contribution in [0.25, 0.3) is 0 Å². The lowest BCUT2D eigenvalue weighted by atomic mass is 10.2. The Morgan fingerprint density at radius 2 is 1.75 bits per heavy atom. The summed E-state index contributed by atoms with van der Waals surface area (Å²) in [4.78, 5) is 11.9. The number of benzene rings is 2. The number of ether oxygens (including phenoxy) is 1. The third kappa shape index (κ3) is 6.88. The minimum atomic E-state index is -3.45. The maximum atomic E-state index is 12.2. The second-order valence-electron chi connectivity index (χ2n) is 6.80. The standard InChI is InChI=1S/C21H28N2O4S/c1-4-8-17(2)22-21(24)16-27-20-13-11-19(12-14-20)23(28(3,25)26)15-18-9-6-5-7-10-18/h5-7,9-14,17H,4,8,15-16H2,1-3H3,(H,22,24). The largest absolute Gasteiger partial charge is 0.484 e. The molecule has 0 aromatic heterocycles. The fourth-order valence-electron chi connectivity index (χ4n) is 2.83. The first-order chi connectivity index (χ1) is 13.3. The first-order valence-corrected chi connectivity index (χ1v) is 11.2. The molecule has 0 aliphatic carbocycles. The molecular formula is C21H28N2O4S. The molecule has 1 atom stereocenters. The molecule has 0 saturated heterocycles. The molecule has 7 heteroatoms. The maximum Gasteiger partial charge on any atom is 0.258 e. The van der Waals surface area contributed by atoms with E-state index in [9.17, 15) is 13.2 Å². The van der Waals surface area contributed by atoms with Gasteiger partial charge in [-0.1, -0.05) is 43.7 Å². The van der Waals surface area contributed by atoms with E-state index < -0.39 is 10.0 Å². The number of nitrogens with zero attached hydrogens (tertiary/aromatic N) is 1. The lowest BCUT2D eigenvalue weighted by Crippen LogP contribution is -2.35. The van der Waals surface area contributed by atoms with Crippen LogP contribution in [-0.4, -0.2) is 33.2 Å². The zero-order chi connectivity index (χ0) is 20.6. The number of carbonyl (C=O) groups excluding carboxylic acids is 1. The minimum absolute atomic E-state index is 0.0762. The van der Waals surface area contributed by atoms with E-state index in [0.717, 1.165) is 18.4 Å². The van der Waals surface area contributed by atoms with Crippen molar-refractivity contribution in [2.75, 3.05) is 17.2 Å². The van der Waals surface area contributed by atoms with E-state index in [4.69, 9.17) is 4.74 Å². The van der Waals surface area contributed by atoms with Crippen molar-refractivity contribution in [2.45, 2.75) is 39.3 Å². The van der Waals surface area contributed by atoms with Crippen molar-refractivity contribution in [2.24, 2.45) is 0 Å². The van der Waals surface area contributed by atoms with Gasteiger partial charge < -0.3 is 10.1 Å². The van der Waals surface area contributed by atoms with Crippen LogP contribution >= 0.6 is 0 Å². The number of nitrogens with one attached hydrogen (secondary N) is 1. The van der Waals surface area contributed by atoms with Crippen molar-refractivity contribution in [1.82, 2.24) is 5.32 Å². The van der Waals surface area contributed by atoms with Crippen LogP contribution in [0.4, 0.5) is 5.69 Å². The van der Waals surface area contributed by atoms with E-state index in [2.05, 4.69) is 12.2 Å². The molecule has 6 nitrogen and oxygen atoms in total. The summed E-state index contributed by atoms with van der Waals surface area (Å²) in [5, 5.41) is 2.88. The third-order valence-electron chi connectivity index (χ3n) is 4.19. The van der Waals surface area contributed by atoms with Crippen LogP contribution in [0.15, 0.2) is 54.6 Å². The Morgan fingerprint density at radius 3 is 2.32 bits per heavy atom. The van der Waals surface area contributed by atoms with Gasteiger partial charge in [0.05, 0.1) is 18.5 Å². The number of rotatable bonds is 10. The summed E-state index contributed by atoms with van der Waals surface area (Å²) in [6, 6.07) is 16.2. The molecule has 1 unspecified atom stereocenters. The SMILES string of the molecule is CCCC(C)NC(=O)COc1ccc(N(Cc2ccccc2)S(C)(=O)=O)cc1. The molecule has 1 N–H and O–H groups in total. The molecule has 2 aromatic carbocycles. The minimum Gasteiger partial charge on any atom is -0.484 e. The molecule has 0 radical (unpaired) electrons. The van der Waals surface area contributed by atoms with Crippen LogP contribution in [-0.2, 0) is 21.4 Å². The second-order valence-corrected chi connectivity index (χ2v) is 8.70.